The van der Waals surface area contributed by atoms with Crippen molar-refractivity contribution in [1.29, 1.82) is 0 Å². The largest absolute Gasteiger partial charge is 0.397 e. The van der Waals surface area contributed by atoms with E-state index in [-0.39, 0.29) is 17.1 Å². The highest BCUT2D eigenvalue weighted by molar-refractivity contribution is 7.94. The van der Waals surface area contributed by atoms with Crippen molar-refractivity contribution < 1.29 is 13.2 Å². The van der Waals surface area contributed by atoms with Crippen molar-refractivity contribution >= 4 is 27.2 Å². The monoisotopic (exact) mass is 268 g/mol. The molecule has 1 aromatic rings. The first-order valence-corrected chi connectivity index (χ1v) is 6.82. The molecule has 1 unspecified atom stereocenters. The van der Waals surface area contributed by atoms with E-state index in [4.69, 9.17) is 11.5 Å². The van der Waals surface area contributed by atoms with Gasteiger partial charge in [-0.15, -0.1) is 0 Å². The number of primary amides is 1. The highest BCUT2D eigenvalue weighted by Crippen LogP contribution is 2.18. The summed E-state index contributed by atoms with van der Waals surface area (Å²) < 4.78 is 22.5. The van der Waals surface area contributed by atoms with Crippen LogP contribution in [0, 0.1) is 0 Å². The van der Waals surface area contributed by atoms with Gasteiger partial charge in [-0.3, -0.25) is 4.79 Å². The van der Waals surface area contributed by atoms with Crippen LogP contribution in [-0.2, 0) is 9.84 Å². The lowest BCUT2D eigenvalue weighted by Crippen LogP contribution is -2.24. The SMILES string of the molecule is NC(=O)c1cc(N)cnc1NC1C=CS(=O)(=O)C1. The van der Waals surface area contributed by atoms with Gasteiger partial charge >= 0.3 is 0 Å². The lowest BCUT2D eigenvalue weighted by atomic mass is 10.2. The van der Waals surface area contributed by atoms with E-state index in [9.17, 15) is 13.2 Å². The standard InChI is InChI=1S/C10H12N4O3S/c11-6-3-8(9(12)15)10(13-4-6)14-7-1-2-18(16,17)5-7/h1-4,7H,5,11H2,(H2,12,15)(H,13,14). The normalized spacial score (nSPS) is 20.8. The van der Waals surface area contributed by atoms with Crippen LogP contribution in [0.15, 0.2) is 23.7 Å². The van der Waals surface area contributed by atoms with Crippen LogP contribution in [0.5, 0.6) is 0 Å². The second-order valence-corrected chi connectivity index (χ2v) is 5.87. The van der Waals surface area contributed by atoms with Crippen LogP contribution in [0.1, 0.15) is 10.4 Å². The van der Waals surface area contributed by atoms with Gasteiger partial charge in [-0.1, -0.05) is 0 Å². The number of nitrogens with two attached hydrogens (primary N) is 2. The van der Waals surface area contributed by atoms with Gasteiger partial charge in [-0.25, -0.2) is 13.4 Å². The molecule has 0 bridgehead atoms. The number of sulfone groups is 1. The molecule has 96 valence electrons. The van der Waals surface area contributed by atoms with Crippen molar-refractivity contribution in [2.45, 2.75) is 6.04 Å². The summed E-state index contributed by atoms with van der Waals surface area (Å²) in [7, 11) is -3.17. The van der Waals surface area contributed by atoms with Gasteiger partial charge in [0.05, 0.1) is 29.2 Å². The second-order valence-electron chi connectivity index (χ2n) is 3.94. The molecular weight excluding hydrogens is 256 g/mol. The highest BCUT2D eigenvalue weighted by atomic mass is 32.2. The maximum atomic E-state index is 11.2. The molecule has 2 rings (SSSR count). The fraction of sp³-hybridized carbons (Fsp3) is 0.200. The molecule has 1 aliphatic rings. The van der Waals surface area contributed by atoms with E-state index in [0.29, 0.717) is 5.69 Å². The van der Waals surface area contributed by atoms with Crippen molar-refractivity contribution in [1.82, 2.24) is 4.98 Å². The lowest BCUT2D eigenvalue weighted by Gasteiger charge is -2.13. The number of carbonyl (C=O) groups is 1. The summed E-state index contributed by atoms with van der Waals surface area (Å²) in [6.45, 7) is 0. The average molecular weight is 268 g/mol. The molecule has 0 saturated carbocycles. The Hall–Kier alpha value is -2.09. The van der Waals surface area contributed by atoms with Crippen molar-refractivity contribution in [2.75, 3.05) is 16.8 Å². The molecule has 18 heavy (non-hydrogen) atoms. The lowest BCUT2D eigenvalue weighted by molar-refractivity contribution is 0.100. The average Bonchev–Trinajstić information content (AvgIpc) is 2.60. The Morgan fingerprint density at radius 3 is 2.78 bits per heavy atom. The number of nitrogens with zero attached hydrogens (tertiary/aromatic N) is 1. The molecular formula is C10H12N4O3S. The first kappa shape index (κ1) is 12.4. The molecule has 1 aromatic heterocycles. The predicted molar refractivity (Wildman–Crippen MR) is 67.5 cm³/mol. The van der Waals surface area contributed by atoms with Gasteiger partial charge in [-0.05, 0) is 12.1 Å². The van der Waals surface area contributed by atoms with Crippen LogP contribution in [0.2, 0.25) is 0 Å². The third-order valence-corrected chi connectivity index (χ3v) is 3.82. The maximum Gasteiger partial charge on any atom is 0.252 e. The zero-order valence-electron chi connectivity index (χ0n) is 9.33. The van der Waals surface area contributed by atoms with E-state index in [0.717, 1.165) is 5.41 Å². The highest BCUT2D eigenvalue weighted by Gasteiger charge is 2.23. The number of aromatic nitrogens is 1. The first-order valence-electron chi connectivity index (χ1n) is 5.10. The Labute approximate surface area is 104 Å². The fourth-order valence-corrected chi connectivity index (χ4v) is 2.86. The smallest absolute Gasteiger partial charge is 0.252 e. The van der Waals surface area contributed by atoms with Crippen LogP contribution in [0.3, 0.4) is 0 Å². The van der Waals surface area contributed by atoms with Crippen LogP contribution in [0.4, 0.5) is 11.5 Å². The van der Waals surface area contributed by atoms with Gasteiger partial charge in [0, 0.05) is 5.41 Å². The maximum absolute atomic E-state index is 11.2. The van der Waals surface area contributed by atoms with E-state index >= 15 is 0 Å². The van der Waals surface area contributed by atoms with Gasteiger partial charge in [0.1, 0.15) is 5.82 Å². The number of amides is 1. The van der Waals surface area contributed by atoms with Crippen LogP contribution >= 0.6 is 0 Å². The number of nitrogens with one attached hydrogen (secondary N) is 1. The Bertz CT molecular complexity index is 624. The van der Waals surface area contributed by atoms with E-state index in [1.807, 2.05) is 0 Å². The Kier molecular flexibility index (Phi) is 2.95. The summed E-state index contributed by atoms with van der Waals surface area (Å²) in [4.78, 5) is 15.2. The summed E-state index contributed by atoms with van der Waals surface area (Å²) in [6.07, 6.45) is 2.86. The van der Waals surface area contributed by atoms with Gasteiger partial charge in [-0.2, -0.15) is 0 Å². The van der Waals surface area contributed by atoms with E-state index in [2.05, 4.69) is 10.3 Å². The number of carbonyl (C=O) groups excluding carboxylic acids is 1. The third kappa shape index (κ3) is 2.59. The van der Waals surface area contributed by atoms with Crippen molar-refractivity contribution in [2.24, 2.45) is 5.73 Å². The summed E-state index contributed by atoms with van der Waals surface area (Å²) in [5, 5.41) is 3.97. The molecule has 1 amide bonds. The number of rotatable bonds is 3. The quantitative estimate of drug-likeness (QED) is 0.677. The molecule has 2 heterocycles. The number of anilines is 2. The minimum atomic E-state index is -3.17. The van der Waals surface area contributed by atoms with E-state index < -0.39 is 21.8 Å². The van der Waals surface area contributed by atoms with Gasteiger partial charge in [0.2, 0.25) is 0 Å². The van der Waals surface area contributed by atoms with Crippen molar-refractivity contribution in [3.8, 4) is 0 Å². The minimum absolute atomic E-state index is 0.0722. The molecule has 0 fully saturated rings. The number of hydrogen-bond donors (Lipinski definition) is 3. The molecule has 5 N–H and O–H groups in total. The topological polar surface area (TPSA) is 128 Å². The van der Waals surface area contributed by atoms with Crippen LogP contribution in [-0.4, -0.2) is 31.1 Å². The third-order valence-electron chi connectivity index (χ3n) is 2.43. The van der Waals surface area contributed by atoms with Crippen molar-refractivity contribution in [3.05, 3.63) is 29.3 Å². The predicted octanol–water partition coefficient (Wildman–Crippen LogP) is -0.515. The molecule has 0 aliphatic carbocycles. The number of hydrogen-bond acceptors (Lipinski definition) is 6. The summed E-state index contributed by atoms with van der Waals surface area (Å²) in [5.74, 6) is -0.525. The number of nitrogen functional groups attached to an aromatic ring is 1. The van der Waals surface area contributed by atoms with Crippen LogP contribution < -0.4 is 16.8 Å². The second kappa shape index (κ2) is 4.30. The zero-order valence-corrected chi connectivity index (χ0v) is 10.1. The molecule has 7 nitrogen and oxygen atoms in total. The Balaban J connectivity index is 2.25. The summed E-state index contributed by atoms with van der Waals surface area (Å²) in [6, 6.07) is 0.967. The zero-order chi connectivity index (χ0) is 13.3. The molecule has 0 radical (unpaired) electrons. The Morgan fingerprint density at radius 1 is 1.50 bits per heavy atom. The molecule has 1 aliphatic heterocycles. The molecule has 0 spiro atoms. The Morgan fingerprint density at radius 2 is 2.22 bits per heavy atom. The minimum Gasteiger partial charge on any atom is -0.397 e. The van der Waals surface area contributed by atoms with E-state index in [1.54, 1.807) is 0 Å². The van der Waals surface area contributed by atoms with Gasteiger partial charge < -0.3 is 16.8 Å². The molecule has 0 saturated heterocycles. The van der Waals surface area contributed by atoms with Crippen molar-refractivity contribution in [3.63, 3.8) is 0 Å². The van der Waals surface area contributed by atoms with Gasteiger partial charge in [0.25, 0.3) is 5.91 Å². The van der Waals surface area contributed by atoms with E-state index in [1.165, 1.54) is 18.3 Å². The summed E-state index contributed by atoms with van der Waals surface area (Å²) >= 11 is 0. The molecule has 1 atom stereocenters. The number of pyridine rings is 1. The van der Waals surface area contributed by atoms with Gasteiger partial charge in [0.15, 0.2) is 9.84 Å². The molecule has 0 aromatic carbocycles. The molecule has 8 heteroatoms. The van der Waals surface area contributed by atoms with Crippen LogP contribution in [0.25, 0.3) is 0 Å². The summed E-state index contributed by atoms with van der Waals surface area (Å²) in [5.41, 5.74) is 11.2. The fourth-order valence-electron chi connectivity index (χ4n) is 1.63. The first-order chi connectivity index (χ1) is 8.37.